The van der Waals surface area contributed by atoms with Crippen molar-refractivity contribution in [2.45, 2.75) is 233 Å². The minimum absolute atomic E-state index is 0.608. The molecule has 0 amide bonds. The second-order valence-electron chi connectivity index (χ2n) is 34.0. The number of hydrogen-bond acceptors (Lipinski definition) is 12. The topological polar surface area (TPSA) is 100 Å². The number of nitrogens with zero attached hydrogens (tertiary/aromatic N) is 8. The summed E-state index contributed by atoms with van der Waals surface area (Å²) in [7, 11) is 0. The van der Waals surface area contributed by atoms with Crippen molar-refractivity contribution >= 4 is 73.0 Å². The normalized spacial score (nSPS) is 19.5. The summed E-state index contributed by atoms with van der Waals surface area (Å²) in [5.41, 5.74) is 11.8. The molecule has 3 aromatic heterocycles. The highest BCUT2D eigenvalue weighted by atomic mass is 35.5. The third-order valence-electron chi connectivity index (χ3n) is 23.9. The molecular weight excluding hydrogens is 1410 g/mol. The molecule has 5 fully saturated rings. The number of halogens is 2. The summed E-state index contributed by atoms with van der Waals surface area (Å²) >= 11 is 12.2. The highest BCUT2D eigenvalue weighted by molar-refractivity contribution is 6.30. The second-order valence-corrected chi connectivity index (χ2v) is 34.9. The van der Waals surface area contributed by atoms with E-state index in [1.807, 2.05) is 36.5 Å². The first-order valence-electron chi connectivity index (χ1n) is 44.3. The number of piperidine rings is 5. The van der Waals surface area contributed by atoms with Gasteiger partial charge in [0.15, 0.2) is 0 Å². The molecule has 6 atom stereocenters. The Bertz CT molecular complexity index is 3730. The van der Waals surface area contributed by atoms with Crippen LogP contribution in [0, 0.1) is 37.5 Å². The number of fused-ring (bicyclic) bond motifs is 3. The van der Waals surface area contributed by atoms with E-state index in [9.17, 15) is 0 Å². The zero-order valence-electron chi connectivity index (χ0n) is 69.6. The molecule has 0 saturated carbocycles. The maximum atomic E-state index is 6.46. The minimum Gasteiger partial charge on any atom is -0.384 e. The average Bonchev–Trinajstić information content (AvgIpc) is 0.820. The third kappa shape index (κ3) is 32.0. The van der Waals surface area contributed by atoms with Gasteiger partial charge in [0.25, 0.3) is 0 Å². The maximum Gasteiger partial charge on any atom is 0.0725 e. The highest BCUT2D eigenvalue weighted by Crippen LogP contribution is 2.31. The van der Waals surface area contributed by atoms with Crippen molar-refractivity contribution in [1.82, 2.24) is 39.5 Å². The Labute approximate surface area is 682 Å². The average molecular weight is 1550 g/mol. The molecule has 8 aromatic rings. The molecule has 13 rings (SSSR count). The first kappa shape index (κ1) is 87.5. The van der Waals surface area contributed by atoms with Crippen LogP contribution in [-0.4, -0.2) is 169 Å². The smallest absolute Gasteiger partial charge is 0.0725 e. The van der Waals surface area contributed by atoms with E-state index in [-0.39, 0.29) is 0 Å². The maximum absolute atomic E-state index is 6.46. The number of rotatable bonds is 37. The SMILES string of the molecule is C[C@H]1C[C@H](C)CN(C(CCCc2ccc(Cl)cc2)CCOCCC(CCCc2ccc(Cl)cc2)N2C[C@@H](C)C[C@H](C)C2)C1.Cc1cc(NCCCCCCN2CCCCC2)c2ccccc2n1.Cc1cc(NCCCN2CCCCC2)c2ccccc2n1.c1ccc2c(NCCCCCCN3CCCCC3)ccnc2c1. The largest absolute Gasteiger partial charge is 0.384 e. The van der Waals surface area contributed by atoms with Gasteiger partial charge in [-0.05, 0) is 303 Å². The predicted molar refractivity (Wildman–Crippen MR) is 478 cm³/mol. The number of anilines is 3. The van der Waals surface area contributed by atoms with E-state index < -0.39 is 0 Å². The van der Waals surface area contributed by atoms with Gasteiger partial charge >= 0.3 is 0 Å². The van der Waals surface area contributed by atoms with Crippen molar-refractivity contribution in [2.75, 3.05) is 134 Å². The summed E-state index contributed by atoms with van der Waals surface area (Å²) in [6, 6.07) is 49.5. The van der Waals surface area contributed by atoms with Gasteiger partial charge in [0, 0.05) is 132 Å². The lowest BCUT2D eigenvalue weighted by Gasteiger charge is -2.41. The van der Waals surface area contributed by atoms with Crippen LogP contribution in [0.25, 0.3) is 32.7 Å². The number of unbranched alkanes of at least 4 members (excludes halogenated alkanes) is 6. The molecule has 8 heterocycles. The second kappa shape index (κ2) is 49.8. The fourth-order valence-corrected chi connectivity index (χ4v) is 18.5. The van der Waals surface area contributed by atoms with Crippen LogP contribution in [-0.2, 0) is 17.6 Å². The molecule has 0 aliphatic carbocycles. The number of para-hydroxylation sites is 3. The third-order valence-corrected chi connectivity index (χ3v) is 24.4. The molecule has 0 bridgehead atoms. The standard InChI is InChI=1S/C38H58Cl2N2O.C21H31N3.C20H29N3.C18H25N3/c1-29-23-30(2)26-41(25-29)37(9-5-7-33-11-15-35(39)16-12-33)19-21-43-22-20-38(42-27-31(3)24-32(4)28-42)10-6-8-34-13-17-36(40)18-14-34;1-18-17-21(19-11-5-6-12-20(19)23-18)22-13-7-2-3-8-14-24-15-9-4-10-16-24;1(2-7-15-23-16-8-3-9-17-23)6-13-21-20-12-14-22-19-11-5-4-10-18(19)20;1-15-14-18(16-8-3-4-9-17(16)20-15)19-10-7-13-21-11-5-2-6-12-21/h11-18,29-32,37-38H,5-10,19-28H2,1-4H3;5-6,11-12,17H,2-4,7-10,13-16H2,1H3,(H,22,23);4-5,10-12,14H,1-3,6-9,13,15-17H2,(H,21,22);3-4,8-9,14H,2,5-7,10-13H2,1H3,(H,19,20)/t29-,30-,31-,32-,37?,38?;;;/m0.../s1. The Hall–Kier alpha value is -5.93. The molecule has 14 heteroatoms. The predicted octanol–water partition coefficient (Wildman–Crippen LogP) is 23.4. The summed E-state index contributed by atoms with van der Waals surface area (Å²) in [6.07, 6.45) is 38.5. The summed E-state index contributed by atoms with van der Waals surface area (Å²) in [5, 5.41) is 16.1. The first-order chi connectivity index (χ1) is 54.3. The lowest BCUT2D eigenvalue weighted by molar-refractivity contribution is 0.0385. The summed E-state index contributed by atoms with van der Waals surface area (Å²) in [6.45, 7) is 35.4. The van der Waals surface area contributed by atoms with Crippen molar-refractivity contribution in [3.05, 3.63) is 178 Å². The molecule has 0 radical (unpaired) electrons. The zero-order valence-corrected chi connectivity index (χ0v) is 71.1. The Morgan fingerprint density at radius 2 is 0.748 bits per heavy atom. The van der Waals surface area contributed by atoms with Crippen molar-refractivity contribution in [3.63, 3.8) is 0 Å². The Balaban J connectivity index is 0.000000165. The Morgan fingerprint density at radius 1 is 0.387 bits per heavy atom. The van der Waals surface area contributed by atoms with Gasteiger partial charge < -0.3 is 35.4 Å². The molecule has 5 aliphatic rings. The fourth-order valence-electron chi connectivity index (χ4n) is 18.3. The lowest BCUT2D eigenvalue weighted by atomic mass is 9.89. The number of ether oxygens (including phenoxy) is 1. The number of aryl methyl sites for hydroxylation is 4. The van der Waals surface area contributed by atoms with E-state index in [0.717, 1.165) is 120 Å². The van der Waals surface area contributed by atoms with Gasteiger partial charge in [-0.15, -0.1) is 0 Å². The molecule has 2 unspecified atom stereocenters. The number of pyridine rings is 3. The van der Waals surface area contributed by atoms with Gasteiger partial charge in [-0.1, -0.05) is 175 Å². The van der Waals surface area contributed by atoms with Crippen LogP contribution in [0.3, 0.4) is 0 Å². The molecule has 606 valence electrons. The van der Waals surface area contributed by atoms with Gasteiger partial charge in [0.05, 0.1) is 16.6 Å². The van der Waals surface area contributed by atoms with Crippen LogP contribution in [0.2, 0.25) is 10.0 Å². The summed E-state index contributed by atoms with van der Waals surface area (Å²) in [4.78, 5) is 27.1. The molecule has 5 saturated heterocycles. The van der Waals surface area contributed by atoms with E-state index in [1.54, 1.807) is 0 Å². The number of likely N-dealkylation sites (tertiary alicyclic amines) is 5. The van der Waals surface area contributed by atoms with Crippen LogP contribution < -0.4 is 16.0 Å². The number of aromatic nitrogens is 3. The van der Waals surface area contributed by atoms with Crippen LogP contribution >= 0.6 is 23.2 Å². The van der Waals surface area contributed by atoms with Gasteiger partial charge in [0.2, 0.25) is 0 Å². The molecule has 5 aromatic carbocycles. The van der Waals surface area contributed by atoms with Crippen LogP contribution in [0.4, 0.5) is 17.1 Å². The van der Waals surface area contributed by atoms with E-state index >= 15 is 0 Å². The number of nitrogens with one attached hydrogen (secondary N) is 3. The van der Waals surface area contributed by atoms with Gasteiger partial charge in [0.1, 0.15) is 0 Å². The van der Waals surface area contributed by atoms with Gasteiger partial charge in [-0.25, -0.2) is 0 Å². The fraction of sp³-hybridized carbons (Fsp3) is 0.598. The molecule has 12 nitrogen and oxygen atoms in total. The van der Waals surface area contributed by atoms with Gasteiger partial charge in [-0.3, -0.25) is 24.8 Å². The summed E-state index contributed by atoms with van der Waals surface area (Å²) in [5.74, 6) is 3.13. The van der Waals surface area contributed by atoms with E-state index in [0.29, 0.717) is 12.1 Å². The Kier molecular flexibility index (Phi) is 39.2. The van der Waals surface area contributed by atoms with Crippen LogP contribution in [0.1, 0.15) is 217 Å². The molecule has 3 N–H and O–H groups in total. The monoisotopic (exact) mass is 1550 g/mol. The minimum atomic E-state index is 0.608. The quantitative estimate of drug-likeness (QED) is 0.0323. The molecule has 111 heavy (non-hydrogen) atoms. The molecule has 0 spiro atoms. The van der Waals surface area contributed by atoms with Crippen molar-refractivity contribution < 1.29 is 4.74 Å². The van der Waals surface area contributed by atoms with Crippen molar-refractivity contribution in [3.8, 4) is 0 Å². The number of benzene rings is 5. The van der Waals surface area contributed by atoms with Crippen LogP contribution in [0.5, 0.6) is 0 Å². The number of hydrogen-bond donors (Lipinski definition) is 3. The van der Waals surface area contributed by atoms with Crippen molar-refractivity contribution in [2.24, 2.45) is 23.7 Å². The van der Waals surface area contributed by atoms with E-state index in [4.69, 9.17) is 27.9 Å². The van der Waals surface area contributed by atoms with Gasteiger partial charge in [-0.2, -0.15) is 0 Å². The summed E-state index contributed by atoms with van der Waals surface area (Å²) < 4.78 is 6.46. The van der Waals surface area contributed by atoms with E-state index in [1.165, 1.54) is 284 Å². The molecule has 5 aliphatic heterocycles. The highest BCUT2D eigenvalue weighted by Gasteiger charge is 2.29. The first-order valence-corrected chi connectivity index (χ1v) is 45.1. The van der Waals surface area contributed by atoms with Crippen molar-refractivity contribution in [1.29, 1.82) is 0 Å². The molecular formula is C97H143Cl2N11O. The van der Waals surface area contributed by atoms with E-state index in [2.05, 4.69) is 206 Å². The Morgan fingerprint density at radius 3 is 1.17 bits per heavy atom. The zero-order chi connectivity index (χ0) is 77.5. The lowest BCUT2D eigenvalue weighted by Crippen LogP contribution is -2.46. The van der Waals surface area contributed by atoms with Crippen LogP contribution in [0.15, 0.2) is 146 Å².